The summed E-state index contributed by atoms with van der Waals surface area (Å²) in [6.07, 6.45) is 2.67. The Balaban J connectivity index is 2.46. The summed E-state index contributed by atoms with van der Waals surface area (Å²) in [6, 6.07) is 6.71. The largest absolute Gasteiger partial charge is 0.503 e. The minimum absolute atomic E-state index is 0.140. The van der Waals surface area contributed by atoms with Gasteiger partial charge in [0.25, 0.3) is 5.91 Å². The lowest BCUT2D eigenvalue weighted by atomic mass is 9.92. The second-order valence-electron chi connectivity index (χ2n) is 6.86. The van der Waals surface area contributed by atoms with Crippen molar-refractivity contribution in [3.05, 3.63) is 53.8 Å². The number of benzene rings is 1. The van der Waals surface area contributed by atoms with E-state index in [9.17, 15) is 14.7 Å². The van der Waals surface area contributed by atoms with E-state index in [1.807, 2.05) is 45.0 Å². The van der Waals surface area contributed by atoms with E-state index in [2.05, 4.69) is 6.58 Å². The molecule has 0 fully saturated rings. The van der Waals surface area contributed by atoms with E-state index in [-0.39, 0.29) is 23.7 Å². The zero-order valence-electron chi connectivity index (χ0n) is 15.7. The van der Waals surface area contributed by atoms with Crippen LogP contribution >= 0.6 is 0 Å². The van der Waals surface area contributed by atoms with Crippen LogP contribution in [0, 0.1) is 5.92 Å². The van der Waals surface area contributed by atoms with Crippen molar-refractivity contribution < 1.29 is 19.4 Å². The van der Waals surface area contributed by atoms with E-state index in [1.54, 1.807) is 11.0 Å². The molecule has 140 valence electrons. The molecule has 0 aromatic heterocycles. The third-order valence-corrected chi connectivity index (χ3v) is 4.20. The van der Waals surface area contributed by atoms with Crippen LogP contribution in [-0.4, -0.2) is 34.8 Å². The van der Waals surface area contributed by atoms with Crippen LogP contribution in [0.1, 0.15) is 45.2 Å². The van der Waals surface area contributed by atoms with Crippen LogP contribution in [0.4, 0.5) is 0 Å². The van der Waals surface area contributed by atoms with Crippen molar-refractivity contribution in [1.29, 1.82) is 0 Å². The zero-order valence-corrected chi connectivity index (χ0v) is 15.7. The van der Waals surface area contributed by atoms with Crippen LogP contribution in [0.3, 0.4) is 0 Å². The fourth-order valence-electron chi connectivity index (χ4n) is 3.17. The summed E-state index contributed by atoms with van der Waals surface area (Å²) in [5.41, 5.74) is 0.947. The molecule has 1 amide bonds. The summed E-state index contributed by atoms with van der Waals surface area (Å²) in [5, 5.41) is 10.4. The Morgan fingerprint density at radius 3 is 2.77 bits per heavy atom. The molecule has 1 aliphatic rings. The lowest BCUT2D eigenvalue weighted by molar-refractivity contribution is -0.129. The molecule has 1 atom stereocenters. The first-order valence-corrected chi connectivity index (χ1v) is 9.01. The van der Waals surface area contributed by atoms with Gasteiger partial charge in [0.05, 0.1) is 11.6 Å². The van der Waals surface area contributed by atoms with Crippen LogP contribution < -0.4 is 4.74 Å². The first-order valence-electron chi connectivity index (χ1n) is 9.01. The zero-order chi connectivity index (χ0) is 19.3. The Kier molecular flexibility index (Phi) is 6.61. The summed E-state index contributed by atoms with van der Waals surface area (Å²) in [6.45, 7) is 10.3. The average Bonchev–Trinajstić information content (AvgIpc) is 2.85. The quantitative estimate of drug-likeness (QED) is 0.679. The Morgan fingerprint density at radius 2 is 2.15 bits per heavy atom. The van der Waals surface area contributed by atoms with Gasteiger partial charge >= 0.3 is 0 Å². The van der Waals surface area contributed by atoms with E-state index in [1.165, 1.54) is 0 Å². The molecule has 5 nitrogen and oxygen atoms in total. The van der Waals surface area contributed by atoms with Gasteiger partial charge in [0.15, 0.2) is 11.5 Å². The lowest BCUT2D eigenvalue weighted by Gasteiger charge is -2.27. The third kappa shape index (κ3) is 4.15. The molecule has 0 saturated carbocycles. The fourth-order valence-corrected chi connectivity index (χ4v) is 3.17. The molecule has 26 heavy (non-hydrogen) atoms. The number of amides is 1. The van der Waals surface area contributed by atoms with Crippen LogP contribution in [0.15, 0.2) is 48.3 Å². The summed E-state index contributed by atoms with van der Waals surface area (Å²) in [7, 11) is 0. The van der Waals surface area contributed by atoms with E-state index in [0.717, 1.165) is 12.0 Å². The first-order chi connectivity index (χ1) is 12.4. The highest BCUT2D eigenvalue weighted by Gasteiger charge is 2.42. The van der Waals surface area contributed by atoms with Gasteiger partial charge in [0, 0.05) is 13.0 Å². The molecule has 0 saturated heterocycles. The molecule has 1 aromatic carbocycles. The van der Waals surface area contributed by atoms with Gasteiger partial charge < -0.3 is 14.7 Å². The van der Waals surface area contributed by atoms with Gasteiger partial charge in [-0.1, -0.05) is 45.6 Å². The van der Waals surface area contributed by atoms with Crippen molar-refractivity contribution in [2.45, 2.75) is 39.7 Å². The molecular formula is C21H27NO4. The Hall–Kier alpha value is -2.56. The molecule has 0 radical (unpaired) electrons. The molecule has 1 heterocycles. The van der Waals surface area contributed by atoms with Crippen molar-refractivity contribution >= 4 is 11.7 Å². The van der Waals surface area contributed by atoms with Gasteiger partial charge in [-0.3, -0.25) is 9.59 Å². The molecule has 1 N–H and O–H groups in total. The standard InChI is InChI=1S/C21H27NO4/c1-5-10-22-19(15-8-7-9-16(13-15)26-11-6-2)18(20(24)21(22)25)17(23)12-14(3)4/h6-9,13-14,19,24H,2,5,10-12H2,1,3-4H3. The first kappa shape index (κ1) is 19.8. The number of hydrogen-bond acceptors (Lipinski definition) is 4. The van der Waals surface area contributed by atoms with Crippen LogP contribution in [0.2, 0.25) is 0 Å². The topological polar surface area (TPSA) is 66.8 Å². The molecule has 1 aromatic rings. The molecule has 0 bridgehead atoms. The summed E-state index contributed by atoms with van der Waals surface area (Å²) < 4.78 is 5.58. The Morgan fingerprint density at radius 1 is 1.42 bits per heavy atom. The van der Waals surface area contributed by atoms with Crippen LogP contribution in [-0.2, 0) is 9.59 Å². The summed E-state index contributed by atoms with van der Waals surface area (Å²) in [5.74, 6) is -0.325. The summed E-state index contributed by atoms with van der Waals surface area (Å²) >= 11 is 0. The number of ketones is 1. The minimum Gasteiger partial charge on any atom is -0.503 e. The second-order valence-corrected chi connectivity index (χ2v) is 6.86. The lowest BCUT2D eigenvalue weighted by Crippen LogP contribution is -2.31. The number of nitrogens with zero attached hydrogens (tertiary/aromatic N) is 1. The predicted octanol–water partition coefficient (Wildman–Crippen LogP) is 3.97. The van der Waals surface area contributed by atoms with Gasteiger partial charge in [-0.05, 0) is 30.0 Å². The number of aliphatic hydroxyl groups is 1. The van der Waals surface area contributed by atoms with Crippen molar-refractivity contribution in [2.24, 2.45) is 5.92 Å². The SMILES string of the molecule is C=CCOc1cccc(C2C(C(=O)CC(C)C)=C(O)C(=O)N2CCC)c1. The van der Waals surface area contributed by atoms with Crippen molar-refractivity contribution in [2.75, 3.05) is 13.2 Å². The van der Waals surface area contributed by atoms with E-state index < -0.39 is 17.7 Å². The Bertz CT molecular complexity index is 720. The monoisotopic (exact) mass is 357 g/mol. The third-order valence-electron chi connectivity index (χ3n) is 4.20. The van der Waals surface area contributed by atoms with Gasteiger partial charge in [-0.2, -0.15) is 0 Å². The molecule has 0 spiro atoms. The van der Waals surface area contributed by atoms with E-state index in [0.29, 0.717) is 18.9 Å². The highest BCUT2D eigenvalue weighted by molar-refractivity contribution is 6.09. The van der Waals surface area contributed by atoms with Gasteiger partial charge in [-0.25, -0.2) is 0 Å². The molecule has 2 rings (SSSR count). The number of ether oxygens (including phenoxy) is 1. The normalized spacial score (nSPS) is 17.2. The maximum Gasteiger partial charge on any atom is 0.290 e. The fraction of sp³-hybridized carbons (Fsp3) is 0.429. The predicted molar refractivity (Wildman–Crippen MR) is 101 cm³/mol. The second kappa shape index (κ2) is 8.70. The van der Waals surface area contributed by atoms with Crippen LogP contribution in [0.5, 0.6) is 5.75 Å². The van der Waals surface area contributed by atoms with E-state index >= 15 is 0 Å². The number of rotatable bonds is 9. The molecule has 0 aliphatic carbocycles. The minimum atomic E-state index is -0.582. The molecule has 5 heteroatoms. The molecule has 1 aliphatic heterocycles. The smallest absolute Gasteiger partial charge is 0.290 e. The highest BCUT2D eigenvalue weighted by Crippen LogP contribution is 2.39. The summed E-state index contributed by atoms with van der Waals surface area (Å²) in [4.78, 5) is 26.9. The van der Waals surface area contributed by atoms with Crippen molar-refractivity contribution in [3.63, 3.8) is 0 Å². The Labute approximate surface area is 155 Å². The van der Waals surface area contributed by atoms with Crippen molar-refractivity contribution in [3.8, 4) is 5.75 Å². The van der Waals surface area contributed by atoms with Gasteiger partial charge in [0.2, 0.25) is 0 Å². The number of carbonyl (C=O) groups is 2. The van der Waals surface area contributed by atoms with E-state index in [4.69, 9.17) is 4.74 Å². The van der Waals surface area contributed by atoms with Crippen LogP contribution in [0.25, 0.3) is 0 Å². The number of carbonyl (C=O) groups excluding carboxylic acids is 2. The average molecular weight is 357 g/mol. The van der Waals surface area contributed by atoms with Gasteiger partial charge in [0.1, 0.15) is 12.4 Å². The molecule has 1 unspecified atom stereocenters. The van der Waals surface area contributed by atoms with Gasteiger partial charge in [-0.15, -0.1) is 0 Å². The van der Waals surface area contributed by atoms with Crippen molar-refractivity contribution in [1.82, 2.24) is 4.90 Å². The maximum absolute atomic E-state index is 12.8. The number of Topliss-reactive ketones (excluding diaryl/α,β-unsaturated/α-hetero) is 1. The maximum atomic E-state index is 12.8. The highest BCUT2D eigenvalue weighted by atomic mass is 16.5. The molecular weight excluding hydrogens is 330 g/mol. The number of hydrogen-bond donors (Lipinski definition) is 1. The number of aliphatic hydroxyl groups excluding tert-OH is 1.